The zero-order valence-corrected chi connectivity index (χ0v) is 13.6. The molecule has 0 aromatic heterocycles. The number of benzene rings is 1. The van der Waals surface area contributed by atoms with Crippen LogP contribution in [0.3, 0.4) is 0 Å². The minimum atomic E-state index is -3.50. The first-order valence-corrected chi connectivity index (χ1v) is 8.44. The lowest BCUT2D eigenvalue weighted by molar-refractivity contribution is 0.220. The number of hydrogen-bond acceptors (Lipinski definition) is 5. The topological polar surface area (TPSA) is 104 Å². The molecule has 7 heteroatoms. The van der Waals surface area contributed by atoms with Gasteiger partial charge in [-0.3, -0.25) is 0 Å². The fourth-order valence-corrected chi connectivity index (χ4v) is 2.92. The molecule has 0 aliphatic rings. The number of aliphatic hydroxyl groups excluding tert-OH is 1. The van der Waals surface area contributed by atoms with Crippen LogP contribution in [0.15, 0.2) is 23.1 Å². The second-order valence-corrected chi connectivity index (χ2v) is 7.51. The molecule has 0 aliphatic heterocycles. The van der Waals surface area contributed by atoms with Crippen LogP contribution in [0, 0.1) is 5.41 Å². The van der Waals surface area contributed by atoms with Crippen molar-refractivity contribution in [3.8, 4) is 0 Å². The molecule has 0 fully saturated rings. The van der Waals surface area contributed by atoms with Crippen molar-refractivity contribution in [2.45, 2.75) is 32.1 Å². The molecular formula is C14H25N3O3S. The van der Waals surface area contributed by atoms with Crippen molar-refractivity contribution in [3.63, 3.8) is 0 Å². The van der Waals surface area contributed by atoms with E-state index in [4.69, 9.17) is 10.8 Å². The van der Waals surface area contributed by atoms with Crippen LogP contribution < -0.4 is 15.8 Å². The molecule has 1 aromatic rings. The number of rotatable bonds is 8. The van der Waals surface area contributed by atoms with Crippen LogP contribution in [0.25, 0.3) is 0 Å². The number of sulfonamides is 1. The van der Waals surface area contributed by atoms with E-state index in [9.17, 15) is 8.42 Å². The summed E-state index contributed by atoms with van der Waals surface area (Å²) in [6.45, 7) is 6.79. The third kappa shape index (κ3) is 5.18. The molecule has 0 bridgehead atoms. The average molecular weight is 315 g/mol. The Balaban J connectivity index is 2.94. The number of anilines is 2. The highest BCUT2D eigenvalue weighted by molar-refractivity contribution is 7.89. The lowest BCUT2D eigenvalue weighted by Gasteiger charge is -2.25. The van der Waals surface area contributed by atoms with Crippen LogP contribution in [0.2, 0.25) is 0 Å². The average Bonchev–Trinajstić information content (AvgIpc) is 2.37. The van der Waals surface area contributed by atoms with Gasteiger partial charge in [0.1, 0.15) is 0 Å². The first-order chi connectivity index (χ1) is 9.72. The van der Waals surface area contributed by atoms with Gasteiger partial charge in [0.05, 0.1) is 16.3 Å². The first-order valence-electron chi connectivity index (χ1n) is 6.96. The second kappa shape index (κ2) is 7.11. The predicted molar refractivity (Wildman–Crippen MR) is 85.7 cm³/mol. The Morgan fingerprint density at radius 3 is 2.57 bits per heavy atom. The van der Waals surface area contributed by atoms with E-state index < -0.39 is 10.0 Å². The van der Waals surface area contributed by atoms with Gasteiger partial charge in [-0.2, -0.15) is 0 Å². The highest BCUT2D eigenvalue weighted by Crippen LogP contribution is 2.26. The summed E-state index contributed by atoms with van der Waals surface area (Å²) in [5.41, 5.74) is 6.84. The predicted octanol–water partition coefficient (Wildman–Crippen LogP) is 1.39. The molecule has 0 atom stereocenters. The molecule has 0 unspecified atom stereocenters. The van der Waals surface area contributed by atoms with Crippen LogP contribution in [0.1, 0.15) is 27.2 Å². The quantitative estimate of drug-likeness (QED) is 0.543. The van der Waals surface area contributed by atoms with Crippen molar-refractivity contribution in [1.82, 2.24) is 4.72 Å². The van der Waals surface area contributed by atoms with Gasteiger partial charge in [0.25, 0.3) is 0 Å². The van der Waals surface area contributed by atoms with Gasteiger partial charge in [-0.15, -0.1) is 0 Å². The summed E-state index contributed by atoms with van der Waals surface area (Å²) in [6, 6.07) is 4.59. The minimum absolute atomic E-state index is 0.110. The third-order valence-electron chi connectivity index (χ3n) is 3.22. The molecular weight excluding hydrogens is 290 g/mol. The van der Waals surface area contributed by atoms with Gasteiger partial charge < -0.3 is 16.2 Å². The lowest BCUT2D eigenvalue weighted by Crippen LogP contribution is -2.25. The molecule has 0 radical (unpaired) electrons. The Hall–Kier alpha value is -1.31. The highest BCUT2D eigenvalue weighted by Gasteiger charge is 2.18. The van der Waals surface area contributed by atoms with E-state index >= 15 is 0 Å². The highest BCUT2D eigenvalue weighted by atomic mass is 32.2. The van der Waals surface area contributed by atoms with Gasteiger partial charge in [0.15, 0.2) is 0 Å². The van der Waals surface area contributed by atoms with Crippen LogP contribution in [-0.4, -0.2) is 33.2 Å². The zero-order valence-electron chi connectivity index (χ0n) is 12.8. The molecule has 0 aliphatic carbocycles. The molecule has 0 spiro atoms. The van der Waals surface area contributed by atoms with Crippen molar-refractivity contribution in [2.75, 3.05) is 30.7 Å². The number of aliphatic hydroxyl groups is 1. The molecule has 0 saturated heterocycles. The van der Waals surface area contributed by atoms with E-state index in [0.717, 1.165) is 0 Å². The van der Waals surface area contributed by atoms with Crippen molar-refractivity contribution in [3.05, 3.63) is 18.2 Å². The molecule has 21 heavy (non-hydrogen) atoms. The monoisotopic (exact) mass is 315 g/mol. The summed E-state index contributed by atoms with van der Waals surface area (Å²) >= 11 is 0. The maximum atomic E-state index is 12.0. The molecule has 0 amide bonds. The van der Waals surface area contributed by atoms with E-state index in [1.807, 2.05) is 13.8 Å². The first kappa shape index (κ1) is 17.7. The molecule has 5 N–H and O–H groups in total. The minimum Gasteiger partial charge on any atom is -0.397 e. The Kier molecular flexibility index (Phi) is 6.00. The van der Waals surface area contributed by atoms with E-state index in [1.54, 1.807) is 13.0 Å². The van der Waals surface area contributed by atoms with E-state index in [1.165, 1.54) is 12.1 Å². The molecule has 120 valence electrons. The van der Waals surface area contributed by atoms with Crippen LogP contribution in [0.5, 0.6) is 0 Å². The third-order valence-corrected chi connectivity index (χ3v) is 4.76. The Bertz CT molecular complexity index is 571. The van der Waals surface area contributed by atoms with Crippen LogP contribution >= 0.6 is 0 Å². The second-order valence-electron chi connectivity index (χ2n) is 5.74. The lowest BCUT2D eigenvalue weighted by atomic mass is 9.89. The fraction of sp³-hybridized carbons (Fsp3) is 0.571. The molecule has 0 heterocycles. The Morgan fingerprint density at radius 2 is 2.00 bits per heavy atom. The van der Waals surface area contributed by atoms with Gasteiger partial charge in [-0.1, -0.05) is 20.8 Å². The molecule has 6 nitrogen and oxygen atoms in total. The summed E-state index contributed by atoms with van der Waals surface area (Å²) in [5.74, 6) is 0. The van der Waals surface area contributed by atoms with Crippen molar-refractivity contribution in [1.29, 1.82) is 0 Å². The largest absolute Gasteiger partial charge is 0.397 e. The van der Waals surface area contributed by atoms with Gasteiger partial charge in [-0.25, -0.2) is 13.1 Å². The Labute approximate surface area is 126 Å². The molecule has 1 aromatic carbocycles. The van der Waals surface area contributed by atoms with E-state index in [2.05, 4.69) is 10.0 Å². The van der Waals surface area contributed by atoms with Crippen LogP contribution in [0.4, 0.5) is 11.4 Å². The van der Waals surface area contributed by atoms with Crippen molar-refractivity contribution in [2.24, 2.45) is 5.41 Å². The van der Waals surface area contributed by atoms with E-state index in [-0.39, 0.29) is 16.9 Å². The normalized spacial score (nSPS) is 12.4. The smallest absolute Gasteiger partial charge is 0.240 e. The summed E-state index contributed by atoms with van der Waals surface area (Å²) < 4.78 is 26.4. The maximum Gasteiger partial charge on any atom is 0.240 e. The standard InChI is InChI=1S/C14H25N3O3S/c1-4-17-21(19,20)11-5-6-12(15)13(9-11)16-10-14(2,3)7-8-18/h5-6,9,16-18H,4,7-8,10,15H2,1-3H3. The van der Waals surface area contributed by atoms with Gasteiger partial charge >= 0.3 is 0 Å². The number of hydrogen-bond donors (Lipinski definition) is 4. The molecule has 0 saturated carbocycles. The summed E-state index contributed by atoms with van der Waals surface area (Å²) in [6.07, 6.45) is 0.648. The van der Waals surface area contributed by atoms with Crippen LogP contribution in [-0.2, 0) is 10.0 Å². The summed E-state index contributed by atoms with van der Waals surface area (Å²) in [5, 5.41) is 12.2. The summed E-state index contributed by atoms with van der Waals surface area (Å²) in [4.78, 5) is 0.181. The fourth-order valence-electron chi connectivity index (χ4n) is 1.85. The number of nitrogen functional groups attached to an aromatic ring is 1. The Morgan fingerprint density at radius 1 is 1.33 bits per heavy atom. The summed E-state index contributed by atoms with van der Waals surface area (Å²) in [7, 11) is -3.50. The SMILES string of the molecule is CCNS(=O)(=O)c1ccc(N)c(NCC(C)(C)CCO)c1. The van der Waals surface area contributed by atoms with Gasteiger partial charge in [0, 0.05) is 19.7 Å². The number of nitrogens with one attached hydrogen (secondary N) is 2. The van der Waals surface area contributed by atoms with Gasteiger partial charge in [0.2, 0.25) is 10.0 Å². The van der Waals surface area contributed by atoms with E-state index in [0.29, 0.717) is 30.9 Å². The molecule has 1 rings (SSSR count). The van der Waals surface area contributed by atoms with Crippen molar-refractivity contribution >= 4 is 21.4 Å². The van der Waals surface area contributed by atoms with Crippen molar-refractivity contribution < 1.29 is 13.5 Å². The number of nitrogens with two attached hydrogens (primary N) is 1. The maximum absolute atomic E-state index is 12.0. The zero-order chi connectivity index (χ0) is 16.1. The van der Waals surface area contributed by atoms with Gasteiger partial charge in [-0.05, 0) is 30.0 Å².